The second-order valence-electron chi connectivity index (χ2n) is 5.59. The summed E-state index contributed by atoms with van der Waals surface area (Å²) in [5, 5.41) is 3.04. The average molecular weight is 247 g/mol. The van der Waals surface area contributed by atoms with Gasteiger partial charge in [-0.15, -0.1) is 0 Å². The highest BCUT2D eigenvalue weighted by Crippen LogP contribution is 2.36. The molecule has 1 aromatic heterocycles. The van der Waals surface area contributed by atoms with Gasteiger partial charge in [0.05, 0.1) is 0 Å². The van der Waals surface area contributed by atoms with E-state index in [4.69, 9.17) is 0 Å². The fraction of sp³-hybridized carbons (Fsp3) is 0.714. The Balaban J connectivity index is 1.52. The van der Waals surface area contributed by atoms with E-state index in [1.165, 1.54) is 25.0 Å². The van der Waals surface area contributed by atoms with Gasteiger partial charge in [0.25, 0.3) is 0 Å². The van der Waals surface area contributed by atoms with Crippen molar-refractivity contribution < 1.29 is 4.79 Å². The lowest BCUT2D eigenvalue weighted by Gasteiger charge is -2.24. The summed E-state index contributed by atoms with van der Waals surface area (Å²) in [6, 6.07) is 0.671. The van der Waals surface area contributed by atoms with Gasteiger partial charge in [0.15, 0.2) is 0 Å². The van der Waals surface area contributed by atoms with Crippen molar-refractivity contribution in [2.24, 2.45) is 5.92 Å². The molecule has 2 fully saturated rings. The van der Waals surface area contributed by atoms with E-state index in [1.807, 2.05) is 6.20 Å². The molecule has 0 bridgehead atoms. The predicted molar refractivity (Wildman–Crippen MR) is 69.3 cm³/mol. The van der Waals surface area contributed by atoms with Crippen LogP contribution in [0.4, 0.5) is 0 Å². The van der Waals surface area contributed by atoms with Gasteiger partial charge in [0, 0.05) is 36.8 Å². The van der Waals surface area contributed by atoms with Crippen molar-refractivity contribution in [2.45, 2.75) is 51.5 Å². The molecule has 0 aromatic carbocycles. The number of amides is 1. The highest BCUT2D eigenvalue weighted by atomic mass is 16.1. The van der Waals surface area contributed by atoms with E-state index in [-0.39, 0.29) is 11.8 Å². The SMILES string of the molecule is Cc1cnc(CCNC(=O)C2CCC2)n1C1CC1. The lowest BCUT2D eigenvalue weighted by Crippen LogP contribution is -2.35. The van der Waals surface area contributed by atoms with Gasteiger partial charge < -0.3 is 9.88 Å². The van der Waals surface area contributed by atoms with Crippen LogP contribution in [0.1, 0.15) is 49.7 Å². The van der Waals surface area contributed by atoms with Gasteiger partial charge in [-0.2, -0.15) is 0 Å². The first kappa shape index (κ1) is 11.8. The van der Waals surface area contributed by atoms with Crippen LogP contribution in [0, 0.1) is 12.8 Å². The zero-order chi connectivity index (χ0) is 12.5. The lowest BCUT2D eigenvalue weighted by atomic mass is 9.85. The Morgan fingerprint density at radius 3 is 2.83 bits per heavy atom. The number of aryl methyl sites for hydroxylation is 1. The van der Waals surface area contributed by atoms with Crippen LogP contribution >= 0.6 is 0 Å². The first-order chi connectivity index (χ1) is 8.75. The number of carbonyl (C=O) groups is 1. The molecule has 2 aliphatic rings. The van der Waals surface area contributed by atoms with E-state index in [9.17, 15) is 4.79 Å². The number of aromatic nitrogens is 2. The van der Waals surface area contributed by atoms with E-state index < -0.39 is 0 Å². The van der Waals surface area contributed by atoms with Gasteiger partial charge in [-0.25, -0.2) is 4.98 Å². The van der Waals surface area contributed by atoms with Crippen molar-refractivity contribution in [3.05, 3.63) is 17.7 Å². The van der Waals surface area contributed by atoms with Crippen LogP contribution < -0.4 is 5.32 Å². The third-order valence-electron chi connectivity index (χ3n) is 4.09. The van der Waals surface area contributed by atoms with Gasteiger partial charge in [-0.3, -0.25) is 4.79 Å². The standard InChI is InChI=1S/C14H21N3O/c1-10-9-16-13(17(10)12-5-6-12)7-8-15-14(18)11-3-2-4-11/h9,11-12H,2-8H2,1H3,(H,15,18). The topological polar surface area (TPSA) is 46.9 Å². The summed E-state index contributed by atoms with van der Waals surface area (Å²) in [4.78, 5) is 16.2. The van der Waals surface area contributed by atoms with Crippen molar-refractivity contribution in [3.63, 3.8) is 0 Å². The molecule has 18 heavy (non-hydrogen) atoms. The normalized spacial score (nSPS) is 19.6. The van der Waals surface area contributed by atoms with E-state index in [2.05, 4.69) is 21.8 Å². The maximum Gasteiger partial charge on any atom is 0.223 e. The molecule has 98 valence electrons. The predicted octanol–water partition coefficient (Wildman–Crippen LogP) is 1.99. The third kappa shape index (κ3) is 2.28. The molecule has 1 amide bonds. The molecule has 0 atom stereocenters. The summed E-state index contributed by atoms with van der Waals surface area (Å²) < 4.78 is 2.34. The average Bonchev–Trinajstić information content (AvgIpc) is 3.02. The van der Waals surface area contributed by atoms with Crippen LogP contribution in [0.3, 0.4) is 0 Å². The quantitative estimate of drug-likeness (QED) is 0.865. The van der Waals surface area contributed by atoms with Crippen molar-refractivity contribution in [3.8, 4) is 0 Å². The fourth-order valence-corrected chi connectivity index (χ4v) is 2.62. The summed E-state index contributed by atoms with van der Waals surface area (Å²) in [5.74, 6) is 1.65. The molecule has 1 N–H and O–H groups in total. The van der Waals surface area contributed by atoms with Crippen LogP contribution in [-0.4, -0.2) is 22.0 Å². The summed E-state index contributed by atoms with van der Waals surface area (Å²) in [6.45, 7) is 2.83. The van der Waals surface area contributed by atoms with Gasteiger partial charge in [-0.1, -0.05) is 6.42 Å². The Kier molecular flexibility index (Phi) is 3.10. The molecule has 1 aromatic rings. The highest BCUT2D eigenvalue weighted by molar-refractivity contribution is 5.79. The van der Waals surface area contributed by atoms with Crippen LogP contribution in [-0.2, 0) is 11.2 Å². The number of hydrogen-bond donors (Lipinski definition) is 1. The first-order valence-electron chi connectivity index (χ1n) is 7.06. The van der Waals surface area contributed by atoms with Crippen molar-refractivity contribution in [1.82, 2.24) is 14.9 Å². The summed E-state index contributed by atoms with van der Waals surface area (Å²) >= 11 is 0. The minimum atomic E-state index is 0.238. The first-order valence-corrected chi connectivity index (χ1v) is 7.06. The molecule has 0 saturated heterocycles. The summed E-state index contributed by atoms with van der Waals surface area (Å²) in [7, 11) is 0. The van der Waals surface area contributed by atoms with Crippen LogP contribution in [0.2, 0.25) is 0 Å². The fourth-order valence-electron chi connectivity index (χ4n) is 2.62. The molecule has 4 heteroatoms. The summed E-state index contributed by atoms with van der Waals surface area (Å²) in [6.07, 6.45) is 8.70. The van der Waals surface area contributed by atoms with Crippen LogP contribution in [0.5, 0.6) is 0 Å². The molecule has 4 nitrogen and oxygen atoms in total. The van der Waals surface area contributed by atoms with Crippen molar-refractivity contribution in [1.29, 1.82) is 0 Å². The zero-order valence-corrected chi connectivity index (χ0v) is 11.0. The molecule has 2 aliphatic carbocycles. The number of hydrogen-bond acceptors (Lipinski definition) is 2. The maximum absolute atomic E-state index is 11.7. The van der Waals surface area contributed by atoms with E-state index >= 15 is 0 Å². The van der Waals surface area contributed by atoms with E-state index in [0.717, 1.165) is 31.6 Å². The molecular formula is C14H21N3O. The minimum absolute atomic E-state index is 0.238. The molecule has 3 rings (SSSR count). The van der Waals surface area contributed by atoms with Crippen LogP contribution in [0.25, 0.3) is 0 Å². The Hall–Kier alpha value is -1.32. The van der Waals surface area contributed by atoms with Gasteiger partial charge in [0.2, 0.25) is 5.91 Å². The molecule has 1 heterocycles. The Bertz CT molecular complexity index is 444. The van der Waals surface area contributed by atoms with E-state index in [1.54, 1.807) is 0 Å². The van der Waals surface area contributed by atoms with Crippen molar-refractivity contribution >= 4 is 5.91 Å². The Morgan fingerprint density at radius 2 is 2.22 bits per heavy atom. The highest BCUT2D eigenvalue weighted by Gasteiger charge is 2.27. The smallest absolute Gasteiger partial charge is 0.223 e. The molecule has 0 unspecified atom stereocenters. The van der Waals surface area contributed by atoms with Crippen molar-refractivity contribution in [2.75, 3.05) is 6.54 Å². The third-order valence-corrected chi connectivity index (χ3v) is 4.09. The minimum Gasteiger partial charge on any atom is -0.355 e. The second-order valence-corrected chi connectivity index (χ2v) is 5.59. The Morgan fingerprint density at radius 1 is 1.44 bits per heavy atom. The monoisotopic (exact) mass is 247 g/mol. The largest absolute Gasteiger partial charge is 0.355 e. The number of carbonyl (C=O) groups excluding carboxylic acids is 1. The Labute approximate surface area is 108 Å². The lowest BCUT2D eigenvalue weighted by molar-refractivity contribution is -0.127. The van der Waals surface area contributed by atoms with E-state index in [0.29, 0.717) is 6.04 Å². The molecule has 0 spiro atoms. The maximum atomic E-state index is 11.7. The number of nitrogens with one attached hydrogen (secondary N) is 1. The number of imidazole rings is 1. The van der Waals surface area contributed by atoms with Gasteiger partial charge >= 0.3 is 0 Å². The van der Waals surface area contributed by atoms with Crippen LogP contribution in [0.15, 0.2) is 6.20 Å². The second kappa shape index (κ2) is 4.75. The molecule has 0 radical (unpaired) electrons. The zero-order valence-electron chi connectivity index (χ0n) is 11.0. The number of nitrogens with zero attached hydrogens (tertiary/aromatic N) is 2. The number of rotatable bonds is 5. The molecular weight excluding hydrogens is 226 g/mol. The molecule has 2 saturated carbocycles. The summed E-state index contributed by atoms with van der Waals surface area (Å²) in [5.41, 5.74) is 1.25. The molecule has 0 aliphatic heterocycles. The van der Waals surface area contributed by atoms with Gasteiger partial charge in [0.1, 0.15) is 5.82 Å². The van der Waals surface area contributed by atoms with Gasteiger partial charge in [-0.05, 0) is 32.6 Å².